The Bertz CT molecular complexity index is 213. The molecule has 1 atom stereocenters. The third-order valence-corrected chi connectivity index (χ3v) is 2.53. The van der Waals surface area contributed by atoms with Crippen molar-refractivity contribution in [2.24, 2.45) is 5.92 Å². The number of rotatable bonds is 3. The van der Waals surface area contributed by atoms with Gasteiger partial charge in [-0.1, -0.05) is 6.92 Å². The Balaban J connectivity index is 2.52. The summed E-state index contributed by atoms with van der Waals surface area (Å²) >= 11 is 0. The zero-order chi connectivity index (χ0) is 9.84. The van der Waals surface area contributed by atoms with E-state index >= 15 is 0 Å². The number of carbonyl (C=O) groups is 2. The first kappa shape index (κ1) is 10.4. The summed E-state index contributed by atoms with van der Waals surface area (Å²) in [7, 11) is 0. The highest BCUT2D eigenvalue weighted by atomic mass is 16.1. The molecule has 0 unspecified atom stereocenters. The fraction of sp³-hybridized carbons (Fsp3) is 0.800. The molecule has 1 rings (SSSR count). The topological polar surface area (TPSA) is 37.4 Å². The molecular formula is C10H17NO2. The first-order valence-electron chi connectivity index (χ1n) is 4.90. The van der Waals surface area contributed by atoms with E-state index in [0.717, 1.165) is 19.5 Å². The standard InChI is InChI=1S/C10H17NO2/c1-3-5-11-6-4-10(13)9(7-11)8(2)12/h9H,3-7H2,1-2H3/t9-/m1/s1. The molecule has 0 bridgehead atoms. The lowest BCUT2D eigenvalue weighted by Crippen LogP contribution is -2.43. The van der Waals surface area contributed by atoms with Crippen molar-refractivity contribution in [2.45, 2.75) is 26.7 Å². The molecule has 1 fully saturated rings. The fourth-order valence-electron chi connectivity index (χ4n) is 1.77. The molecule has 13 heavy (non-hydrogen) atoms. The summed E-state index contributed by atoms with van der Waals surface area (Å²) in [5.41, 5.74) is 0. The van der Waals surface area contributed by atoms with Gasteiger partial charge in [0.15, 0.2) is 0 Å². The molecule has 3 heteroatoms. The molecule has 0 saturated carbocycles. The van der Waals surface area contributed by atoms with Gasteiger partial charge in [0.25, 0.3) is 0 Å². The Kier molecular flexibility index (Phi) is 3.60. The number of nitrogens with zero attached hydrogens (tertiary/aromatic N) is 1. The number of ketones is 2. The highest BCUT2D eigenvalue weighted by Crippen LogP contribution is 2.13. The molecule has 3 nitrogen and oxygen atoms in total. The van der Waals surface area contributed by atoms with Crippen LogP contribution in [0.15, 0.2) is 0 Å². The van der Waals surface area contributed by atoms with Crippen molar-refractivity contribution in [3.8, 4) is 0 Å². The molecule has 1 aliphatic heterocycles. The molecule has 1 heterocycles. The number of piperidine rings is 1. The summed E-state index contributed by atoms with van der Waals surface area (Å²) < 4.78 is 0. The van der Waals surface area contributed by atoms with Crippen LogP contribution in [-0.4, -0.2) is 36.1 Å². The maximum Gasteiger partial charge on any atom is 0.145 e. The van der Waals surface area contributed by atoms with E-state index in [-0.39, 0.29) is 17.5 Å². The molecule has 0 aromatic carbocycles. The third kappa shape index (κ3) is 2.62. The first-order valence-corrected chi connectivity index (χ1v) is 4.90. The largest absolute Gasteiger partial charge is 0.302 e. The number of hydrogen-bond acceptors (Lipinski definition) is 3. The van der Waals surface area contributed by atoms with E-state index in [0.29, 0.717) is 13.0 Å². The van der Waals surface area contributed by atoms with Gasteiger partial charge < -0.3 is 4.90 Å². The number of likely N-dealkylation sites (tertiary alicyclic amines) is 1. The summed E-state index contributed by atoms with van der Waals surface area (Å²) in [6.07, 6.45) is 1.63. The van der Waals surface area contributed by atoms with Gasteiger partial charge in [-0.3, -0.25) is 9.59 Å². The molecule has 1 saturated heterocycles. The predicted molar refractivity (Wildman–Crippen MR) is 50.5 cm³/mol. The minimum Gasteiger partial charge on any atom is -0.302 e. The lowest BCUT2D eigenvalue weighted by Gasteiger charge is -2.29. The van der Waals surface area contributed by atoms with E-state index < -0.39 is 0 Å². The summed E-state index contributed by atoms with van der Waals surface area (Å²) in [5, 5.41) is 0. The van der Waals surface area contributed by atoms with Crippen LogP contribution in [0.2, 0.25) is 0 Å². The average molecular weight is 183 g/mol. The minimum absolute atomic E-state index is 0.0193. The molecule has 74 valence electrons. The van der Waals surface area contributed by atoms with Gasteiger partial charge in [0.2, 0.25) is 0 Å². The smallest absolute Gasteiger partial charge is 0.145 e. The van der Waals surface area contributed by atoms with Gasteiger partial charge >= 0.3 is 0 Å². The maximum atomic E-state index is 11.3. The van der Waals surface area contributed by atoms with Crippen molar-refractivity contribution in [2.75, 3.05) is 19.6 Å². The van der Waals surface area contributed by atoms with Crippen LogP contribution in [0, 0.1) is 5.92 Å². The Morgan fingerprint density at radius 1 is 1.62 bits per heavy atom. The van der Waals surface area contributed by atoms with Crippen LogP contribution in [0.25, 0.3) is 0 Å². The van der Waals surface area contributed by atoms with Crippen molar-refractivity contribution < 1.29 is 9.59 Å². The van der Waals surface area contributed by atoms with E-state index in [1.165, 1.54) is 6.92 Å². The van der Waals surface area contributed by atoms with E-state index in [2.05, 4.69) is 11.8 Å². The number of Topliss-reactive ketones (excluding diaryl/α,β-unsaturated/α-hetero) is 2. The van der Waals surface area contributed by atoms with Crippen LogP contribution >= 0.6 is 0 Å². The Morgan fingerprint density at radius 3 is 2.85 bits per heavy atom. The summed E-state index contributed by atoms with van der Waals surface area (Å²) in [6.45, 7) is 6.09. The molecule has 0 spiro atoms. The number of carbonyl (C=O) groups excluding carboxylic acids is 2. The lowest BCUT2D eigenvalue weighted by atomic mass is 9.93. The fourth-order valence-corrected chi connectivity index (χ4v) is 1.77. The Hall–Kier alpha value is -0.700. The van der Waals surface area contributed by atoms with Gasteiger partial charge in [0, 0.05) is 19.5 Å². The van der Waals surface area contributed by atoms with Crippen molar-refractivity contribution in [1.82, 2.24) is 4.90 Å². The predicted octanol–water partition coefficient (Wildman–Crippen LogP) is 0.876. The second-order valence-corrected chi connectivity index (χ2v) is 3.68. The quantitative estimate of drug-likeness (QED) is 0.609. The van der Waals surface area contributed by atoms with Crippen molar-refractivity contribution in [3.05, 3.63) is 0 Å². The van der Waals surface area contributed by atoms with Crippen LogP contribution in [0.3, 0.4) is 0 Å². The van der Waals surface area contributed by atoms with Crippen molar-refractivity contribution in [1.29, 1.82) is 0 Å². The molecule has 0 aromatic rings. The normalized spacial score (nSPS) is 24.8. The monoisotopic (exact) mass is 183 g/mol. The van der Waals surface area contributed by atoms with Gasteiger partial charge in [0.1, 0.15) is 11.6 Å². The van der Waals surface area contributed by atoms with Gasteiger partial charge in [-0.2, -0.15) is 0 Å². The molecule has 0 aromatic heterocycles. The molecular weight excluding hydrogens is 166 g/mol. The summed E-state index contributed by atoms with van der Waals surface area (Å²) in [4.78, 5) is 24.7. The van der Waals surface area contributed by atoms with Crippen molar-refractivity contribution >= 4 is 11.6 Å². The molecule has 0 aliphatic carbocycles. The van der Waals surface area contributed by atoms with E-state index in [4.69, 9.17) is 0 Å². The van der Waals surface area contributed by atoms with Crippen LogP contribution in [-0.2, 0) is 9.59 Å². The number of hydrogen-bond donors (Lipinski definition) is 0. The van der Waals surface area contributed by atoms with E-state index in [1.807, 2.05) is 0 Å². The van der Waals surface area contributed by atoms with E-state index in [1.54, 1.807) is 0 Å². The van der Waals surface area contributed by atoms with Crippen LogP contribution in [0.5, 0.6) is 0 Å². The molecule has 0 radical (unpaired) electrons. The first-order chi connectivity index (χ1) is 6.15. The van der Waals surface area contributed by atoms with Gasteiger partial charge in [-0.15, -0.1) is 0 Å². The van der Waals surface area contributed by atoms with Gasteiger partial charge in [-0.05, 0) is 19.9 Å². The lowest BCUT2D eigenvalue weighted by molar-refractivity contribution is -0.134. The van der Waals surface area contributed by atoms with Gasteiger partial charge in [0.05, 0.1) is 5.92 Å². The molecule has 1 aliphatic rings. The Morgan fingerprint density at radius 2 is 2.31 bits per heavy atom. The van der Waals surface area contributed by atoms with Crippen LogP contribution < -0.4 is 0 Å². The second kappa shape index (κ2) is 4.51. The highest BCUT2D eigenvalue weighted by molar-refractivity contribution is 6.02. The summed E-state index contributed by atoms with van der Waals surface area (Å²) in [6, 6.07) is 0. The van der Waals surface area contributed by atoms with E-state index in [9.17, 15) is 9.59 Å². The summed E-state index contributed by atoms with van der Waals surface area (Å²) in [5.74, 6) is -0.203. The molecule has 0 amide bonds. The SMILES string of the molecule is CCCN1CCC(=O)[C@@H](C(C)=O)C1. The zero-order valence-electron chi connectivity index (χ0n) is 8.38. The third-order valence-electron chi connectivity index (χ3n) is 2.53. The van der Waals surface area contributed by atoms with Gasteiger partial charge in [-0.25, -0.2) is 0 Å². The van der Waals surface area contributed by atoms with Crippen molar-refractivity contribution in [3.63, 3.8) is 0 Å². The highest BCUT2D eigenvalue weighted by Gasteiger charge is 2.29. The maximum absolute atomic E-state index is 11.3. The van der Waals surface area contributed by atoms with Crippen LogP contribution in [0.4, 0.5) is 0 Å². The van der Waals surface area contributed by atoms with Crippen LogP contribution in [0.1, 0.15) is 26.7 Å². The molecule has 0 N–H and O–H groups in total. The minimum atomic E-state index is -0.347. The second-order valence-electron chi connectivity index (χ2n) is 3.68. The Labute approximate surface area is 79.1 Å². The average Bonchev–Trinajstić information content (AvgIpc) is 2.08. The zero-order valence-corrected chi connectivity index (χ0v) is 8.38.